The van der Waals surface area contributed by atoms with Crippen LogP contribution in [-0.2, 0) is 23.7 Å². The van der Waals surface area contributed by atoms with Crippen molar-refractivity contribution >= 4 is 23.6 Å². The first-order valence-electron chi connectivity index (χ1n) is 9.30. The van der Waals surface area contributed by atoms with Gasteiger partial charge in [0.15, 0.2) is 0 Å². The average molecular weight is 402 g/mol. The molecule has 3 fully saturated rings. The van der Waals surface area contributed by atoms with Crippen LogP contribution >= 0.6 is 11.6 Å². The molecule has 7 nitrogen and oxygen atoms in total. The third-order valence-corrected chi connectivity index (χ3v) is 6.10. The van der Waals surface area contributed by atoms with Crippen molar-refractivity contribution in [1.82, 2.24) is 5.32 Å². The zero-order valence-electron chi connectivity index (χ0n) is 16.2. The van der Waals surface area contributed by atoms with Crippen LogP contribution in [0.5, 0.6) is 0 Å². The number of amides is 2. The summed E-state index contributed by atoms with van der Waals surface area (Å²) < 4.78 is 23.2. The molecule has 2 amide bonds. The minimum Gasteiger partial charge on any atom is -0.443 e. The van der Waals surface area contributed by atoms with Crippen LogP contribution in [0, 0.1) is 5.92 Å². The van der Waals surface area contributed by atoms with E-state index in [0.717, 1.165) is 12.8 Å². The number of methoxy groups -OCH3 is 1. The summed E-state index contributed by atoms with van der Waals surface area (Å²) in [6.07, 6.45) is 2.78. The van der Waals surface area contributed by atoms with Crippen LogP contribution in [0.15, 0.2) is 11.6 Å². The topological polar surface area (TPSA) is 89.7 Å². The number of carbonyl (C=O) groups is 2. The first-order valence-corrected chi connectivity index (χ1v) is 9.83. The second kappa shape index (κ2) is 7.70. The van der Waals surface area contributed by atoms with Crippen LogP contribution in [0.1, 0.15) is 40.0 Å². The first-order chi connectivity index (χ1) is 12.8. The number of hydrogen-bond donors (Lipinski definition) is 1. The molecule has 0 aromatic carbocycles. The Morgan fingerprint density at radius 2 is 2.07 bits per heavy atom. The van der Waals surface area contributed by atoms with Crippen molar-refractivity contribution in [3.63, 3.8) is 0 Å². The SMILES string of the molecule is CO[C@H]1[C@H](C2(C)OC2CC=C(C)C)[C@]2(CC[C@H]1OC(=O)NC(=O)CCl)CO2. The van der Waals surface area contributed by atoms with Crippen LogP contribution in [0.3, 0.4) is 0 Å². The fraction of sp³-hybridized carbons (Fsp3) is 0.789. The van der Waals surface area contributed by atoms with E-state index in [9.17, 15) is 9.59 Å². The lowest BCUT2D eigenvalue weighted by atomic mass is 9.68. The Bertz CT molecular complexity index is 630. The second-order valence-electron chi connectivity index (χ2n) is 8.00. The fourth-order valence-corrected chi connectivity index (χ4v) is 4.45. The Balaban J connectivity index is 1.73. The van der Waals surface area contributed by atoms with E-state index in [4.69, 9.17) is 30.5 Å². The quantitative estimate of drug-likeness (QED) is 0.418. The Morgan fingerprint density at radius 1 is 1.37 bits per heavy atom. The molecule has 3 aliphatic rings. The lowest BCUT2D eigenvalue weighted by Crippen LogP contribution is -2.56. The van der Waals surface area contributed by atoms with Crippen LogP contribution in [0.2, 0.25) is 0 Å². The van der Waals surface area contributed by atoms with Gasteiger partial charge in [-0.1, -0.05) is 11.6 Å². The third kappa shape index (κ3) is 4.16. The molecular formula is C19H28ClNO6. The van der Waals surface area contributed by atoms with Gasteiger partial charge in [-0.3, -0.25) is 10.1 Å². The summed E-state index contributed by atoms with van der Waals surface area (Å²) in [6, 6.07) is 0. The lowest BCUT2D eigenvalue weighted by molar-refractivity contribution is -0.124. The standard InChI is InChI=1S/C19H28ClNO6/c1-11(2)5-6-13-18(3,27-13)16-15(24-4)12(7-8-19(16)10-25-19)26-17(23)21-14(22)9-20/h5,12-13,15-16H,6-10H2,1-4H3,(H,21,22,23)/t12-,13?,15-,16-,18?,19+/m1/s1. The minimum absolute atomic E-state index is 0.0548. The minimum atomic E-state index is -0.804. The van der Waals surface area contributed by atoms with E-state index in [1.54, 1.807) is 7.11 Å². The van der Waals surface area contributed by atoms with Gasteiger partial charge < -0.3 is 18.9 Å². The maximum absolute atomic E-state index is 12.0. The summed E-state index contributed by atoms with van der Waals surface area (Å²) >= 11 is 5.42. The molecule has 1 aliphatic carbocycles. The molecule has 8 heteroatoms. The summed E-state index contributed by atoms with van der Waals surface area (Å²) in [5.41, 5.74) is 0.574. The highest BCUT2D eigenvalue weighted by Gasteiger charge is 2.72. The van der Waals surface area contributed by atoms with Crippen LogP contribution in [0.25, 0.3) is 0 Å². The van der Waals surface area contributed by atoms with Crippen LogP contribution < -0.4 is 5.32 Å². The fourth-order valence-electron chi connectivity index (χ4n) is 4.38. The van der Waals surface area contributed by atoms with E-state index in [2.05, 4.69) is 32.2 Å². The number of rotatable bonds is 6. The Morgan fingerprint density at radius 3 is 2.63 bits per heavy atom. The Labute approximate surface area is 164 Å². The molecule has 3 rings (SSSR count). The van der Waals surface area contributed by atoms with Gasteiger partial charge in [0.2, 0.25) is 5.91 Å². The second-order valence-corrected chi connectivity index (χ2v) is 8.27. The molecule has 27 heavy (non-hydrogen) atoms. The number of allylic oxidation sites excluding steroid dienone is 1. The number of ether oxygens (including phenoxy) is 4. The molecule has 0 radical (unpaired) electrons. The van der Waals surface area contributed by atoms with Gasteiger partial charge in [-0.05, 0) is 40.0 Å². The van der Waals surface area contributed by atoms with Gasteiger partial charge >= 0.3 is 6.09 Å². The predicted molar refractivity (Wildman–Crippen MR) is 98.7 cm³/mol. The summed E-state index contributed by atoms with van der Waals surface area (Å²) in [4.78, 5) is 23.3. The van der Waals surface area contributed by atoms with E-state index < -0.39 is 23.7 Å². The molecule has 2 saturated heterocycles. The summed E-state index contributed by atoms with van der Waals surface area (Å²) in [7, 11) is 1.61. The molecule has 1 saturated carbocycles. The number of imide groups is 1. The van der Waals surface area contributed by atoms with Crippen molar-refractivity contribution in [1.29, 1.82) is 0 Å². The summed E-state index contributed by atoms with van der Waals surface area (Å²) in [5, 5.41) is 2.11. The van der Waals surface area contributed by atoms with Crippen molar-refractivity contribution in [2.24, 2.45) is 5.92 Å². The molecule has 2 unspecified atom stereocenters. The molecule has 2 heterocycles. The van der Waals surface area contributed by atoms with E-state index in [0.29, 0.717) is 13.0 Å². The van der Waals surface area contributed by atoms with Crippen LogP contribution in [-0.4, -0.2) is 61.1 Å². The largest absolute Gasteiger partial charge is 0.443 e. The van der Waals surface area contributed by atoms with Crippen molar-refractivity contribution in [3.8, 4) is 0 Å². The molecule has 1 spiro atoms. The van der Waals surface area contributed by atoms with Crippen molar-refractivity contribution in [2.75, 3.05) is 19.6 Å². The van der Waals surface area contributed by atoms with Crippen molar-refractivity contribution < 1.29 is 28.5 Å². The van der Waals surface area contributed by atoms with Gasteiger partial charge in [-0.15, -0.1) is 11.6 Å². The van der Waals surface area contributed by atoms with Gasteiger partial charge in [0.1, 0.15) is 29.3 Å². The van der Waals surface area contributed by atoms with Crippen LogP contribution in [0.4, 0.5) is 4.79 Å². The molecule has 2 aliphatic heterocycles. The van der Waals surface area contributed by atoms with Crippen molar-refractivity contribution in [2.45, 2.75) is 69.5 Å². The molecule has 0 bridgehead atoms. The van der Waals surface area contributed by atoms with Crippen molar-refractivity contribution in [3.05, 3.63) is 11.6 Å². The average Bonchev–Trinajstić information content (AvgIpc) is 3.52. The van der Waals surface area contributed by atoms with E-state index in [-0.39, 0.29) is 29.6 Å². The number of halogens is 1. The third-order valence-electron chi connectivity index (χ3n) is 5.86. The predicted octanol–water partition coefficient (Wildman–Crippen LogP) is 2.55. The monoisotopic (exact) mass is 401 g/mol. The highest BCUT2D eigenvalue weighted by Crippen LogP contribution is 2.59. The zero-order valence-corrected chi connectivity index (χ0v) is 17.0. The normalized spacial score (nSPS) is 39.6. The number of epoxide rings is 2. The molecule has 6 atom stereocenters. The number of alkyl halides is 1. The Kier molecular flexibility index (Phi) is 5.87. The first kappa shape index (κ1) is 20.6. The highest BCUT2D eigenvalue weighted by molar-refractivity contribution is 6.28. The van der Waals surface area contributed by atoms with E-state index >= 15 is 0 Å². The maximum atomic E-state index is 12.0. The van der Waals surface area contributed by atoms with E-state index in [1.165, 1.54) is 5.57 Å². The van der Waals surface area contributed by atoms with Gasteiger partial charge in [0.05, 0.1) is 18.6 Å². The number of carbonyl (C=O) groups excluding carboxylic acids is 2. The number of hydrogen-bond acceptors (Lipinski definition) is 6. The number of nitrogens with one attached hydrogen (secondary N) is 1. The zero-order chi connectivity index (χ0) is 19.8. The lowest BCUT2D eigenvalue weighted by Gasteiger charge is -2.42. The van der Waals surface area contributed by atoms with Gasteiger partial charge in [-0.2, -0.15) is 0 Å². The Hall–Kier alpha value is -1.15. The van der Waals surface area contributed by atoms with Gasteiger partial charge in [-0.25, -0.2) is 4.79 Å². The van der Waals surface area contributed by atoms with Gasteiger partial charge in [0, 0.05) is 7.11 Å². The maximum Gasteiger partial charge on any atom is 0.414 e. The molecule has 0 aromatic rings. The summed E-state index contributed by atoms with van der Waals surface area (Å²) in [5.74, 6) is -0.949. The number of alkyl carbamates (subject to hydrolysis) is 1. The van der Waals surface area contributed by atoms with E-state index in [1.807, 2.05) is 0 Å². The molecule has 152 valence electrons. The molecule has 0 aromatic heterocycles. The molecular weight excluding hydrogens is 374 g/mol. The molecule has 1 N–H and O–H groups in total. The summed E-state index contributed by atoms with van der Waals surface area (Å²) in [6.45, 7) is 6.87. The smallest absolute Gasteiger partial charge is 0.414 e. The highest BCUT2D eigenvalue weighted by atomic mass is 35.5. The van der Waals surface area contributed by atoms with Gasteiger partial charge in [0.25, 0.3) is 0 Å².